The summed E-state index contributed by atoms with van der Waals surface area (Å²) in [6.07, 6.45) is 0. The van der Waals surface area contributed by atoms with Gasteiger partial charge in [0, 0.05) is 11.1 Å². The molecule has 0 saturated heterocycles. The number of amides is 2. The molecule has 0 saturated carbocycles. The lowest BCUT2D eigenvalue weighted by Gasteiger charge is -2.09. The fraction of sp³-hybridized carbons (Fsp3) is 0.130. The van der Waals surface area contributed by atoms with Crippen molar-refractivity contribution in [1.82, 2.24) is 10.9 Å². The predicted molar refractivity (Wildman–Crippen MR) is 110 cm³/mol. The molecule has 6 heteroatoms. The third-order valence-electron chi connectivity index (χ3n) is 4.08. The lowest BCUT2D eigenvalue weighted by molar-refractivity contribution is 0.0846. The number of ether oxygens (including phenoxy) is 2. The molecule has 0 aliphatic carbocycles. The van der Waals surface area contributed by atoms with Crippen molar-refractivity contribution < 1.29 is 19.1 Å². The van der Waals surface area contributed by atoms with E-state index in [9.17, 15) is 9.59 Å². The molecule has 3 aromatic carbocycles. The van der Waals surface area contributed by atoms with Gasteiger partial charge in [0.15, 0.2) is 0 Å². The van der Waals surface area contributed by atoms with E-state index in [1.54, 1.807) is 36.4 Å². The topological polar surface area (TPSA) is 76.7 Å². The van der Waals surface area contributed by atoms with Crippen molar-refractivity contribution in [3.8, 4) is 11.5 Å². The molecule has 3 aromatic rings. The minimum atomic E-state index is -0.395. The van der Waals surface area contributed by atoms with Crippen molar-refractivity contribution in [2.75, 3.05) is 6.61 Å². The molecule has 148 valence electrons. The lowest BCUT2D eigenvalue weighted by atomic mass is 10.1. The zero-order valence-corrected chi connectivity index (χ0v) is 16.1. The summed E-state index contributed by atoms with van der Waals surface area (Å²) in [4.78, 5) is 24.1. The van der Waals surface area contributed by atoms with E-state index in [0.717, 1.165) is 17.1 Å². The van der Waals surface area contributed by atoms with Gasteiger partial charge in [-0.05, 0) is 61.0 Å². The standard InChI is InChI=1S/C23H22N2O4/c1-2-28-20-12-14-21(15-13-20)29-16-17-8-10-19(11-9-17)23(27)25-24-22(26)18-6-4-3-5-7-18/h3-15H,2,16H2,1H3,(H,24,26)(H,25,27). The Kier molecular flexibility index (Phi) is 6.84. The fourth-order valence-corrected chi connectivity index (χ4v) is 2.57. The molecule has 3 rings (SSSR count). The van der Waals surface area contributed by atoms with Crippen LogP contribution >= 0.6 is 0 Å². The summed E-state index contributed by atoms with van der Waals surface area (Å²) >= 11 is 0. The molecule has 0 heterocycles. The molecule has 29 heavy (non-hydrogen) atoms. The van der Waals surface area contributed by atoms with Crippen LogP contribution in [0.1, 0.15) is 33.2 Å². The molecule has 2 N–H and O–H groups in total. The minimum absolute atomic E-state index is 0.376. The van der Waals surface area contributed by atoms with Crippen LogP contribution in [0.15, 0.2) is 78.9 Å². The van der Waals surface area contributed by atoms with Crippen LogP contribution in [0.3, 0.4) is 0 Å². The monoisotopic (exact) mass is 390 g/mol. The Morgan fingerprint density at radius 2 is 1.21 bits per heavy atom. The number of carbonyl (C=O) groups is 2. The van der Waals surface area contributed by atoms with Crippen LogP contribution in [0.4, 0.5) is 0 Å². The highest BCUT2D eigenvalue weighted by Gasteiger charge is 2.09. The molecule has 0 bridgehead atoms. The Morgan fingerprint density at radius 3 is 1.76 bits per heavy atom. The quantitative estimate of drug-likeness (QED) is 0.603. The molecule has 0 atom stereocenters. The summed E-state index contributed by atoms with van der Waals surface area (Å²) in [5.41, 5.74) is 6.63. The van der Waals surface area contributed by atoms with Crippen molar-refractivity contribution in [2.24, 2.45) is 0 Å². The highest BCUT2D eigenvalue weighted by Crippen LogP contribution is 2.18. The van der Waals surface area contributed by atoms with Crippen molar-refractivity contribution in [3.05, 3.63) is 95.6 Å². The van der Waals surface area contributed by atoms with E-state index >= 15 is 0 Å². The zero-order chi connectivity index (χ0) is 20.5. The van der Waals surface area contributed by atoms with E-state index in [4.69, 9.17) is 9.47 Å². The Balaban J connectivity index is 1.48. The molecule has 0 aromatic heterocycles. The maximum Gasteiger partial charge on any atom is 0.269 e. The van der Waals surface area contributed by atoms with E-state index in [-0.39, 0.29) is 5.91 Å². The average Bonchev–Trinajstić information content (AvgIpc) is 2.78. The van der Waals surface area contributed by atoms with E-state index in [1.807, 2.05) is 49.4 Å². The number of rotatable bonds is 7. The first-order valence-corrected chi connectivity index (χ1v) is 9.26. The van der Waals surface area contributed by atoms with Crippen LogP contribution in [0.5, 0.6) is 11.5 Å². The number of benzene rings is 3. The largest absolute Gasteiger partial charge is 0.494 e. The summed E-state index contributed by atoms with van der Waals surface area (Å²) in [7, 11) is 0. The molecule has 0 spiro atoms. The molecular weight excluding hydrogens is 368 g/mol. The second kappa shape index (κ2) is 9.94. The summed E-state index contributed by atoms with van der Waals surface area (Å²) < 4.78 is 11.1. The molecule has 2 amide bonds. The van der Waals surface area contributed by atoms with Gasteiger partial charge in [0.25, 0.3) is 11.8 Å². The van der Waals surface area contributed by atoms with Gasteiger partial charge >= 0.3 is 0 Å². The first kappa shape index (κ1) is 19.9. The summed E-state index contributed by atoms with van der Waals surface area (Å²) in [6.45, 7) is 2.93. The summed E-state index contributed by atoms with van der Waals surface area (Å²) in [5, 5.41) is 0. The third-order valence-corrected chi connectivity index (χ3v) is 4.08. The number of nitrogens with one attached hydrogen (secondary N) is 2. The molecule has 0 aliphatic rings. The lowest BCUT2D eigenvalue weighted by Crippen LogP contribution is -2.41. The first-order chi connectivity index (χ1) is 14.2. The van der Waals surface area contributed by atoms with Gasteiger partial charge in [-0.2, -0.15) is 0 Å². The zero-order valence-electron chi connectivity index (χ0n) is 16.1. The summed E-state index contributed by atoms with van der Waals surface area (Å²) in [5.74, 6) is 0.765. The van der Waals surface area contributed by atoms with Gasteiger partial charge in [0.05, 0.1) is 6.61 Å². The van der Waals surface area contributed by atoms with E-state index in [2.05, 4.69) is 10.9 Å². The van der Waals surface area contributed by atoms with Gasteiger partial charge in [-0.1, -0.05) is 30.3 Å². The molecular formula is C23H22N2O4. The van der Waals surface area contributed by atoms with Gasteiger partial charge in [-0.3, -0.25) is 20.4 Å². The molecule has 6 nitrogen and oxygen atoms in total. The normalized spacial score (nSPS) is 10.1. The van der Waals surface area contributed by atoms with Crippen LogP contribution in [0, 0.1) is 0 Å². The van der Waals surface area contributed by atoms with Gasteiger partial charge in [0.1, 0.15) is 18.1 Å². The fourth-order valence-electron chi connectivity index (χ4n) is 2.57. The average molecular weight is 390 g/mol. The van der Waals surface area contributed by atoms with Crippen LogP contribution in [0.25, 0.3) is 0 Å². The van der Waals surface area contributed by atoms with Crippen molar-refractivity contribution in [1.29, 1.82) is 0 Å². The molecule has 0 fully saturated rings. The number of hydrogen-bond donors (Lipinski definition) is 2. The van der Waals surface area contributed by atoms with Crippen molar-refractivity contribution in [3.63, 3.8) is 0 Å². The Labute approximate surface area is 169 Å². The predicted octanol–water partition coefficient (Wildman–Crippen LogP) is 3.74. The highest BCUT2D eigenvalue weighted by molar-refractivity contribution is 5.99. The van der Waals surface area contributed by atoms with E-state index in [1.165, 1.54) is 0 Å². The second-order valence-electron chi connectivity index (χ2n) is 6.16. The van der Waals surface area contributed by atoms with Gasteiger partial charge in [0.2, 0.25) is 0 Å². The second-order valence-corrected chi connectivity index (χ2v) is 6.16. The van der Waals surface area contributed by atoms with Crippen molar-refractivity contribution >= 4 is 11.8 Å². The molecule has 0 unspecified atom stereocenters. The Hall–Kier alpha value is -3.80. The van der Waals surface area contributed by atoms with E-state index < -0.39 is 5.91 Å². The third kappa shape index (κ3) is 5.84. The van der Waals surface area contributed by atoms with Crippen LogP contribution in [-0.4, -0.2) is 18.4 Å². The maximum atomic E-state index is 12.2. The molecule has 0 aliphatic heterocycles. The number of hydrogen-bond acceptors (Lipinski definition) is 4. The van der Waals surface area contributed by atoms with Gasteiger partial charge < -0.3 is 9.47 Å². The number of hydrazine groups is 1. The van der Waals surface area contributed by atoms with Gasteiger partial charge in [-0.25, -0.2) is 0 Å². The van der Waals surface area contributed by atoms with Crippen LogP contribution in [-0.2, 0) is 6.61 Å². The van der Waals surface area contributed by atoms with Gasteiger partial charge in [-0.15, -0.1) is 0 Å². The smallest absolute Gasteiger partial charge is 0.269 e. The van der Waals surface area contributed by atoms with Crippen molar-refractivity contribution in [2.45, 2.75) is 13.5 Å². The number of carbonyl (C=O) groups excluding carboxylic acids is 2. The minimum Gasteiger partial charge on any atom is -0.494 e. The first-order valence-electron chi connectivity index (χ1n) is 9.26. The Morgan fingerprint density at radius 1 is 0.690 bits per heavy atom. The SMILES string of the molecule is CCOc1ccc(OCc2ccc(C(=O)NNC(=O)c3ccccc3)cc2)cc1. The maximum absolute atomic E-state index is 12.2. The molecule has 0 radical (unpaired) electrons. The van der Waals surface area contributed by atoms with Crippen LogP contribution < -0.4 is 20.3 Å². The van der Waals surface area contributed by atoms with E-state index in [0.29, 0.717) is 24.3 Å². The highest BCUT2D eigenvalue weighted by atomic mass is 16.5. The van der Waals surface area contributed by atoms with Crippen LogP contribution in [0.2, 0.25) is 0 Å². The Bertz CT molecular complexity index is 939. The summed E-state index contributed by atoms with van der Waals surface area (Å²) in [6, 6.07) is 23.1.